The SMILES string of the molecule is CC(CCc1ccccc1)NC(=O)c1cc(-c2ccncc2)nc2ccccc12. The Morgan fingerprint density at radius 1 is 0.966 bits per heavy atom. The number of hydrogen-bond donors (Lipinski definition) is 1. The van der Waals surface area contributed by atoms with Crippen LogP contribution < -0.4 is 5.32 Å². The van der Waals surface area contributed by atoms with E-state index in [4.69, 9.17) is 4.98 Å². The summed E-state index contributed by atoms with van der Waals surface area (Å²) < 4.78 is 0. The molecule has 144 valence electrons. The Morgan fingerprint density at radius 3 is 2.48 bits per heavy atom. The molecule has 0 saturated heterocycles. The molecule has 0 aliphatic carbocycles. The van der Waals surface area contributed by atoms with Gasteiger partial charge in [0.15, 0.2) is 0 Å². The molecule has 2 aromatic heterocycles. The van der Waals surface area contributed by atoms with Gasteiger partial charge in [-0.05, 0) is 49.6 Å². The molecule has 0 aliphatic rings. The van der Waals surface area contributed by atoms with Gasteiger partial charge < -0.3 is 5.32 Å². The highest BCUT2D eigenvalue weighted by Gasteiger charge is 2.16. The summed E-state index contributed by atoms with van der Waals surface area (Å²) in [5.41, 5.74) is 4.45. The van der Waals surface area contributed by atoms with E-state index in [0.29, 0.717) is 5.56 Å². The van der Waals surface area contributed by atoms with Crippen LogP contribution in [0.5, 0.6) is 0 Å². The number of fused-ring (bicyclic) bond motifs is 1. The standard InChI is InChI=1S/C25H23N3O/c1-18(11-12-19-7-3-2-4-8-19)27-25(29)22-17-24(20-13-15-26-16-14-20)28-23-10-6-5-9-21(22)23/h2-10,13-18H,11-12H2,1H3,(H,27,29). The lowest BCUT2D eigenvalue weighted by Crippen LogP contribution is -2.33. The molecule has 29 heavy (non-hydrogen) atoms. The van der Waals surface area contributed by atoms with E-state index < -0.39 is 0 Å². The summed E-state index contributed by atoms with van der Waals surface area (Å²) in [6, 6.07) is 23.9. The van der Waals surface area contributed by atoms with Crippen LogP contribution in [-0.2, 0) is 6.42 Å². The first-order chi connectivity index (χ1) is 14.2. The van der Waals surface area contributed by atoms with E-state index in [-0.39, 0.29) is 11.9 Å². The van der Waals surface area contributed by atoms with E-state index in [1.807, 2.05) is 67.6 Å². The van der Waals surface area contributed by atoms with Gasteiger partial charge >= 0.3 is 0 Å². The largest absolute Gasteiger partial charge is 0.350 e. The molecule has 1 N–H and O–H groups in total. The van der Waals surface area contributed by atoms with Gasteiger partial charge in [0, 0.05) is 29.4 Å². The molecule has 1 unspecified atom stereocenters. The minimum atomic E-state index is -0.0699. The van der Waals surface area contributed by atoms with Crippen molar-refractivity contribution in [2.45, 2.75) is 25.8 Å². The normalized spacial score (nSPS) is 11.9. The van der Waals surface area contributed by atoms with Gasteiger partial charge in [-0.15, -0.1) is 0 Å². The van der Waals surface area contributed by atoms with Crippen molar-refractivity contribution in [3.05, 3.63) is 96.3 Å². The number of carbonyl (C=O) groups is 1. The summed E-state index contributed by atoms with van der Waals surface area (Å²) in [7, 11) is 0. The fourth-order valence-electron chi connectivity index (χ4n) is 3.44. The summed E-state index contributed by atoms with van der Waals surface area (Å²) in [4.78, 5) is 21.9. The zero-order valence-corrected chi connectivity index (χ0v) is 16.4. The van der Waals surface area contributed by atoms with Gasteiger partial charge in [-0.2, -0.15) is 0 Å². The Balaban J connectivity index is 1.58. The monoisotopic (exact) mass is 381 g/mol. The molecule has 0 bridgehead atoms. The maximum atomic E-state index is 13.1. The highest BCUT2D eigenvalue weighted by molar-refractivity contribution is 6.07. The molecular formula is C25H23N3O. The Labute approximate surface area is 170 Å². The van der Waals surface area contributed by atoms with Crippen LogP contribution in [0.3, 0.4) is 0 Å². The molecule has 0 fully saturated rings. The third-order valence-electron chi connectivity index (χ3n) is 5.02. The molecule has 0 aliphatic heterocycles. The molecule has 4 nitrogen and oxygen atoms in total. The number of aromatic nitrogens is 2. The van der Waals surface area contributed by atoms with E-state index in [0.717, 1.165) is 35.0 Å². The van der Waals surface area contributed by atoms with Crippen LogP contribution in [0, 0.1) is 0 Å². The quantitative estimate of drug-likeness (QED) is 0.509. The number of hydrogen-bond acceptors (Lipinski definition) is 3. The summed E-state index contributed by atoms with van der Waals surface area (Å²) in [5, 5.41) is 4.02. The van der Waals surface area contributed by atoms with Crippen molar-refractivity contribution in [3.8, 4) is 11.3 Å². The van der Waals surface area contributed by atoms with Crippen LogP contribution >= 0.6 is 0 Å². The van der Waals surface area contributed by atoms with Gasteiger partial charge in [-0.3, -0.25) is 9.78 Å². The third kappa shape index (κ3) is 4.49. The van der Waals surface area contributed by atoms with Crippen molar-refractivity contribution in [1.29, 1.82) is 0 Å². The number of rotatable bonds is 6. The summed E-state index contributed by atoms with van der Waals surface area (Å²) in [5.74, 6) is -0.0699. The van der Waals surface area contributed by atoms with Gasteiger partial charge in [0.25, 0.3) is 5.91 Å². The van der Waals surface area contributed by atoms with Gasteiger partial charge in [0.2, 0.25) is 0 Å². The lowest BCUT2D eigenvalue weighted by molar-refractivity contribution is 0.0940. The molecule has 4 aromatic rings. The van der Waals surface area contributed by atoms with Crippen LogP contribution in [0.2, 0.25) is 0 Å². The molecule has 1 amide bonds. The number of aryl methyl sites for hydroxylation is 1. The Kier molecular flexibility index (Phi) is 5.61. The summed E-state index contributed by atoms with van der Waals surface area (Å²) >= 11 is 0. The number of pyridine rings is 2. The van der Waals surface area contributed by atoms with E-state index in [1.54, 1.807) is 12.4 Å². The first-order valence-corrected chi connectivity index (χ1v) is 9.85. The van der Waals surface area contributed by atoms with Gasteiger partial charge in [-0.1, -0.05) is 48.5 Å². The number of nitrogens with zero attached hydrogens (tertiary/aromatic N) is 2. The predicted octanol–water partition coefficient (Wildman–Crippen LogP) is 5.05. The lowest BCUT2D eigenvalue weighted by Gasteiger charge is -2.16. The van der Waals surface area contributed by atoms with Gasteiger partial charge in [0.1, 0.15) is 0 Å². The second kappa shape index (κ2) is 8.65. The third-order valence-corrected chi connectivity index (χ3v) is 5.02. The van der Waals surface area contributed by atoms with Crippen LogP contribution in [0.25, 0.3) is 22.2 Å². The first kappa shape index (κ1) is 18.8. The molecule has 2 heterocycles. The number of benzene rings is 2. The van der Waals surface area contributed by atoms with Gasteiger partial charge in [0.05, 0.1) is 16.8 Å². The van der Waals surface area contributed by atoms with Crippen molar-refractivity contribution in [3.63, 3.8) is 0 Å². The van der Waals surface area contributed by atoms with Crippen molar-refractivity contribution < 1.29 is 4.79 Å². The van der Waals surface area contributed by atoms with Crippen LogP contribution in [0.4, 0.5) is 0 Å². The highest BCUT2D eigenvalue weighted by Crippen LogP contribution is 2.24. The fourth-order valence-corrected chi connectivity index (χ4v) is 3.44. The minimum absolute atomic E-state index is 0.0685. The smallest absolute Gasteiger partial charge is 0.252 e. The highest BCUT2D eigenvalue weighted by atomic mass is 16.1. The van der Waals surface area contributed by atoms with Crippen molar-refractivity contribution in [2.24, 2.45) is 0 Å². The Morgan fingerprint density at radius 2 is 1.69 bits per heavy atom. The van der Waals surface area contributed by atoms with Crippen molar-refractivity contribution in [1.82, 2.24) is 15.3 Å². The molecule has 2 aromatic carbocycles. The maximum Gasteiger partial charge on any atom is 0.252 e. The Bertz CT molecular complexity index is 1110. The second-order valence-electron chi connectivity index (χ2n) is 7.21. The number of amides is 1. The minimum Gasteiger partial charge on any atom is -0.350 e. The number of para-hydroxylation sites is 1. The molecule has 0 spiro atoms. The van der Waals surface area contributed by atoms with E-state index in [2.05, 4.69) is 22.4 Å². The topological polar surface area (TPSA) is 54.9 Å². The number of carbonyl (C=O) groups excluding carboxylic acids is 1. The van der Waals surface area contributed by atoms with Crippen molar-refractivity contribution in [2.75, 3.05) is 0 Å². The predicted molar refractivity (Wildman–Crippen MR) is 117 cm³/mol. The van der Waals surface area contributed by atoms with E-state index >= 15 is 0 Å². The second-order valence-corrected chi connectivity index (χ2v) is 7.21. The van der Waals surface area contributed by atoms with E-state index in [9.17, 15) is 4.79 Å². The van der Waals surface area contributed by atoms with E-state index in [1.165, 1.54) is 5.56 Å². The van der Waals surface area contributed by atoms with Crippen LogP contribution in [0.15, 0.2) is 85.2 Å². The number of nitrogens with one attached hydrogen (secondary N) is 1. The Hall–Kier alpha value is -3.53. The molecular weight excluding hydrogens is 358 g/mol. The summed E-state index contributed by atoms with van der Waals surface area (Å²) in [6.45, 7) is 2.05. The zero-order valence-electron chi connectivity index (χ0n) is 16.4. The molecule has 4 heteroatoms. The van der Waals surface area contributed by atoms with Crippen LogP contribution in [0.1, 0.15) is 29.3 Å². The first-order valence-electron chi connectivity index (χ1n) is 9.85. The summed E-state index contributed by atoms with van der Waals surface area (Å²) in [6.07, 6.45) is 5.28. The average Bonchev–Trinajstić information content (AvgIpc) is 2.78. The molecule has 4 rings (SSSR count). The van der Waals surface area contributed by atoms with Crippen LogP contribution in [-0.4, -0.2) is 21.9 Å². The average molecular weight is 381 g/mol. The van der Waals surface area contributed by atoms with Gasteiger partial charge in [-0.25, -0.2) is 4.98 Å². The van der Waals surface area contributed by atoms with Crippen molar-refractivity contribution >= 4 is 16.8 Å². The zero-order chi connectivity index (χ0) is 20.1. The molecule has 0 radical (unpaired) electrons. The maximum absolute atomic E-state index is 13.1. The lowest BCUT2D eigenvalue weighted by atomic mass is 10.0. The molecule has 0 saturated carbocycles. The molecule has 1 atom stereocenters. The fraction of sp³-hybridized carbons (Fsp3) is 0.160.